The molecule has 0 atom stereocenters. The van der Waals surface area contributed by atoms with Crippen molar-refractivity contribution in [2.24, 2.45) is 0 Å². The van der Waals surface area contributed by atoms with Crippen molar-refractivity contribution in [3.05, 3.63) is 66.4 Å². The largest absolute Gasteiger partial charge is 0.369 e. The van der Waals surface area contributed by atoms with Gasteiger partial charge in [-0.25, -0.2) is 9.97 Å². The summed E-state index contributed by atoms with van der Waals surface area (Å²) in [4.78, 5) is 23.9. The van der Waals surface area contributed by atoms with Crippen molar-refractivity contribution in [2.75, 3.05) is 37.8 Å². The van der Waals surface area contributed by atoms with Crippen LogP contribution in [0, 0.1) is 0 Å². The Labute approximate surface area is 166 Å². The number of nitrogens with one attached hydrogen (secondary N) is 2. The van der Waals surface area contributed by atoms with E-state index in [1.165, 1.54) is 0 Å². The highest BCUT2D eigenvalue weighted by Crippen LogP contribution is 2.18. The zero-order valence-corrected chi connectivity index (χ0v) is 16.0. The molecule has 7 heteroatoms. The van der Waals surface area contributed by atoms with Gasteiger partial charge in [0, 0.05) is 30.4 Å². The van der Waals surface area contributed by atoms with Crippen LogP contribution in [0.25, 0.3) is 11.4 Å². The SMILES string of the molecule is [B]c1ccccc1NC(=O)c1cc(NCCN(C)C)nc(-c2ccccc2)n1. The molecule has 0 bridgehead atoms. The molecular formula is C21H22BN5O. The number of aromatic nitrogens is 2. The number of anilines is 2. The second-order valence-electron chi connectivity index (χ2n) is 6.60. The molecule has 6 nitrogen and oxygen atoms in total. The maximum atomic E-state index is 12.8. The summed E-state index contributed by atoms with van der Waals surface area (Å²) in [6.07, 6.45) is 0. The average molecular weight is 371 g/mol. The number of carbonyl (C=O) groups excluding carboxylic acids is 1. The van der Waals surface area contributed by atoms with Gasteiger partial charge in [0.15, 0.2) is 5.82 Å². The van der Waals surface area contributed by atoms with E-state index in [2.05, 4.69) is 25.5 Å². The van der Waals surface area contributed by atoms with Crippen molar-refractivity contribution in [3.8, 4) is 11.4 Å². The monoisotopic (exact) mass is 371 g/mol. The van der Waals surface area contributed by atoms with Crippen LogP contribution in [-0.4, -0.2) is 55.8 Å². The lowest BCUT2D eigenvalue weighted by Crippen LogP contribution is -2.22. The molecular weight excluding hydrogens is 349 g/mol. The first-order valence-electron chi connectivity index (χ1n) is 9.02. The molecule has 0 aliphatic rings. The van der Waals surface area contributed by atoms with Gasteiger partial charge in [-0.1, -0.05) is 54.0 Å². The predicted molar refractivity (Wildman–Crippen MR) is 114 cm³/mol. The lowest BCUT2D eigenvalue weighted by Gasteiger charge is -2.13. The summed E-state index contributed by atoms with van der Waals surface area (Å²) in [5, 5.41) is 6.08. The van der Waals surface area contributed by atoms with Crippen molar-refractivity contribution >= 4 is 30.7 Å². The third kappa shape index (κ3) is 5.17. The summed E-state index contributed by atoms with van der Waals surface area (Å²) in [5.74, 6) is 0.747. The molecule has 0 spiro atoms. The molecule has 1 amide bonds. The number of nitrogens with zero attached hydrogens (tertiary/aromatic N) is 3. The molecule has 0 fully saturated rings. The Morgan fingerprint density at radius 1 is 1.04 bits per heavy atom. The van der Waals surface area contributed by atoms with Crippen LogP contribution in [0.5, 0.6) is 0 Å². The first-order chi connectivity index (χ1) is 13.5. The zero-order valence-electron chi connectivity index (χ0n) is 16.0. The number of amides is 1. The summed E-state index contributed by atoms with van der Waals surface area (Å²) in [6.45, 7) is 1.54. The second-order valence-corrected chi connectivity index (χ2v) is 6.60. The van der Waals surface area contributed by atoms with Gasteiger partial charge in [-0.3, -0.25) is 4.79 Å². The number of carbonyl (C=O) groups is 1. The molecule has 0 saturated heterocycles. The summed E-state index contributed by atoms with van der Waals surface area (Å²) in [6, 6.07) is 18.3. The summed E-state index contributed by atoms with van der Waals surface area (Å²) < 4.78 is 0. The van der Waals surface area contributed by atoms with E-state index in [4.69, 9.17) is 7.85 Å². The Balaban J connectivity index is 1.90. The van der Waals surface area contributed by atoms with Crippen LogP contribution in [0.3, 0.4) is 0 Å². The fourth-order valence-electron chi connectivity index (χ4n) is 2.58. The summed E-state index contributed by atoms with van der Waals surface area (Å²) in [7, 11) is 9.93. The third-order valence-corrected chi connectivity index (χ3v) is 4.06. The Morgan fingerprint density at radius 3 is 2.46 bits per heavy atom. The standard InChI is InChI=1S/C21H22BN5O/c1-27(2)13-12-23-19-14-18(21(28)25-17-11-7-6-10-16(17)22)24-20(26-19)15-8-4-3-5-9-15/h3-11,14H,12-13H2,1-2H3,(H,25,28)(H,23,24,26). The Hall–Kier alpha value is -3.19. The van der Waals surface area contributed by atoms with Gasteiger partial charge >= 0.3 is 0 Å². The first-order valence-corrected chi connectivity index (χ1v) is 9.02. The van der Waals surface area contributed by atoms with Crippen LogP contribution in [0.15, 0.2) is 60.7 Å². The average Bonchev–Trinajstić information content (AvgIpc) is 2.70. The fraction of sp³-hybridized carbons (Fsp3) is 0.190. The van der Waals surface area contributed by atoms with E-state index < -0.39 is 0 Å². The quantitative estimate of drug-likeness (QED) is 0.623. The number of rotatable bonds is 7. The molecule has 28 heavy (non-hydrogen) atoms. The highest BCUT2D eigenvalue weighted by Gasteiger charge is 2.14. The van der Waals surface area contributed by atoms with Crippen molar-refractivity contribution in [1.29, 1.82) is 0 Å². The van der Waals surface area contributed by atoms with Crippen LogP contribution in [0.4, 0.5) is 11.5 Å². The molecule has 1 heterocycles. The van der Waals surface area contributed by atoms with Gasteiger partial charge < -0.3 is 15.5 Å². The fourth-order valence-corrected chi connectivity index (χ4v) is 2.58. The lowest BCUT2D eigenvalue weighted by atomic mass is 9.94. The van der Waals surface area contributed by atoms with Gasteiger partial charge in [0.05, 0.1) is 0 Å². The van der Waals surface area contributed by atoms with Gasteiger partial charge in [0.25, 0.3) is 5.91 Å². The van der Waals surface area contributed by atoms with Gasteiger partial charge in [0.2, 0.25) is 0 Å². The van der Waals surface area contributed by atoms with E-state index in [0.29, 0.717) is 29.3 Å². The molecule has 2 aromatic carbocycles. The Bertz CT molecular complexity index is 947. The van der Waals surface area contributed by atoms with E-state index in [9.17, 15) is 4.79 Å². The molecule has 0 aliphatic heterocycles. The van der Waals surface area contributed by atoms with Crippen molar-refractivity contribution in [1.82, 2.24) is 14.9 Å². The normalized spacial score (nSPS) is 10.7. The maximum Gasteiger partial charge on any atom is 0.274 e. The molecule has 140 valence electrons. The minimum atomic E-state index is -0.340. The minimum absolute atomic E-state index is 0.268. The molecule has 3 rings (SSSR count). The zero-order chi connectivity index (χ0) is 19.9. The number of hydrogen-bond donors (Lipinski definition) is 2. The number of benzene rings is 2. The molecule has 1 aromatic heterocycles. The summed E-state index contributed by atoms with van der Waals surface area (Å²) in [5.41, 5.74) is 2.16. The smallest absolute Gasteiger partial charge is 0.274 e. The Morgan fingerprint density at radius 2 is 1.75 bits per heavy atom. The van der Waals surface area contributed by atoms with Crippen molar-refractivity contribution < 1.29 is 4.79 Å². The molecule has 2 radical (unpaired) electrons. The van der Waals surface area contributed by atoms with E-state index >= 15 is 0 Å². The maximum absolute atomic E-state index is 12.8. The van der Waals surface area contributed by atoms with Crippen LogP contribution in [0.1, 0.15) is 10.5 Å². The van der Waals surface area contributed by atoms with E-state index in [0.717, 1.165) is 12.1 Å². The van der Waals surface area contributed by atoms with Crippen molar-refractivity contribution in [2.45, 2.75) is 0 Å². The van der Waals surface area contributed by atoms with Crippen LogP contribution < -0.4 is 16.1 Å². The predicted octanol–water partition coefficient (Wildman–Crippen LogP) is 2.16. The van der Waals surface area contributed by atoms with E-state index in [1.807, 2.05) is 56.6 Å². The van der Waals surface area contributed by atoms with Crippen LogP contribution in [0.2, 0.25) is 0 Å². The number of likely N-dealkylation sites (N-methyl/N-ethyl adjacent to an activating group) is 1. The first kappa shape index (κ1) is 19.6. The molecule has 3 aromatic rings. The molecule has 0 unspecified atom stereocenters. The third-order valence-electron chi connectivity index (χ3n) is 4.06. The highest BCUT2D eigenvalue weighted by molar-refractivity contribution is 6.36. The molecule has 0 saturated carbocycles. The van der Waals surface area contributed by atoms with E-state index in [-0.39, 0.29) is 11.6 Å². The molecule has 2 N–H and O–H groups in total. The van der Waals surface area contributed by atoms with Gasteiger partial charge in [-0.2, -0.15) is 0 Å². The van der Waals surface area contributed by atoms with E-state index in [1.54, 1.807) is 18.2 Å². The van der Waals surface area contributed by atoms with Crippen LogP contribution >= 0.6 is 0 Å². The van der Waals surface area contributed by atoms with Crippen molar-refractivity contribution in [3.63, 3.8) is 0 Å². The van der Waals surface area contributed by atoms with Gasteiger partial charge in [-0.15, -0.1) is 0 Å². The number of hydrogen-bond acceptors (Lipinski definition) is 5. The summed E-state index contributed by atoms with van der Waals surface area (Å²) >= 11 is 0. The van der Waals surface area contributed by atoms with Crippen LogP contribution in [-0.2, 0) is 0 Å². The topological polar surface area (TPSA) is 70.2 Å². The molecule has 0 aliphatic carbocycles. The lowest BCUT2D eigenvalue weighted by molar-refractivity contribution is 0.102. The number of para-hydroxylation sites is 1. The van der Waals surface area contributed by atoms with Gasteiger partial charge in [-0.05, 0) is 20.2 Å². The minimum Gasteiger partial charge on any atom is -0.369 e. The second kappa shape index (κ2) is 9.15. The Kier molecular flexibility index (Phi) is 6.39. The highest BCUT2D eigenvalue weighted by atomic mass is 16.1. The van der Waals surface area contributed by atoms with Gasteiger partial charge in [0.1, 0.15) is 19.4 Å².